The molecule has 0 fully saturated rings. The molecule has 1 aromatic heterocycles. The Morgan fingerprint density at radius 2 is 2.33 bits per heavy atom. The van der Waals surface area contributed by atoms with Gasteiger partial charge in [0.15, 0.2) is 0 Å². The maximum Gasteiger partial charge on any atom is 0.0638 e. The Morgan fingerprint density at radius 3 is 3.00 bits per heavy atom. The van der Waals surface area contributed by atoms with Gasteiger partial charge in [-0.05, 0) is 32.5 Å². The van der Waals surface area contributed by atoms with Gasteiger partial charge in [0.25, 0.3) is 0 Å². The average Bonchev–Trinajstić information content (AvgIpc) is 2.37. The molecule has 1 unspecified atom stereocenters. The predicted molar refractivity (Wildman–Crippen MR) is 74.2 cm³/mol. The first-order valence-corrected chi connectivity index (χ1v) is 6.43. The zero-order chi connectivity index (χ0) is 13.4. The molecule has 0 aliphatic rings. The largest absolute Gasteiger partial charge is 0.385 e. The van der Waals surface area contributed by atoms with Crippen molar-refractivity contribution in [2.75, 3.05) is 18.9 Å². The Labute approximate surface area is 110 Å². The minimum atomic E-state index is 0.254. The van der Waals surface area contributed by atoms with E-state index in [2.05, 4.69) is 41.2 Å². The van der Waals surface area contributed by atoms with E-state index < -0.39 is 0 Å². The van der Waals surface area contributed by atoms with Gasteiger partial charge in [0.2, 0.25) is 0 Å². The van der Waals surface area contributed by atoms with Crippen LogP contribution in [-0.4, -0.2) is 29.5 Å². The number of nitrogens with one attached hydrogen (secondary N) is 1. The first kappa shape index (κ1) is 14.5. The highest BCUT2D eigenvalue weighted by molar-refractivity contribution is 5.43. The number of hydrogen-bond donors (Lipinski definition) is 1. The molecule has 1 N–H and O–H groups in total. The van der Waals surface area contributed by atoms with Crippen molar-refractivity contribution >= 4 is 5.69 Å². The first-order chi connectivity index (χ1) is 8.67. The molecule has 0 radical (unpaired) electrons. The molecular weight excluding hydrogens is 224 g/mol. The van der Waals surface area contributed by atoms with Gasteiger partial charge < -0.3 is 5.32 Å². The third-order valence-corrected chi connectivity index (χ3v) is 2.95. The number of rotatable bonds is 7. The topological polar surface area (TPSA) is 52.0 Å². The number of nitrogens with zero attached hydrogens (tertiary/aromatic N) is 3. The van der Waals surface area contributed by atoms with Gasteiger partial charge >= 0.3 is 0 Å². The highest BCUT2D eigenvalue weighted by Gasteiger charge is 2.09. The molecule has 0 aliphatic carbocycles. The fourth-order valence-electron chi connectivity index (χ4n) is 1.64. The zero-order valence-electron chi connectivity index (χ0n) is 11.5. The molecule has 0 bridgehead atoms. The Hall–Kier alpha value is -1.60. The van der Waals surface area contributed by atoms with Crippen molar-refractivity contribution in [1.82, 2.24) is 9.88 Å². The van der Waals surface area contributed by atoms with E-state index in [0.29, 0.717) is 6.42 Å². The average molecular weight is 246 g/mol. The number of aromatic nitrogens is 1. The highest BCUT2D eigenvalue weighted by Crippen LogP contribution is 2.11. The van der Waals surface area contributed by atoms with E-state index in [1.54, 1.807) is 0 Å². The minimum Gasteiger partial charge on any atom is -0.385 e. The van der Waals surface area contributed by atoms with Gasteiger partial charge in [-0.25, -0.2) is 0 Å². The summed E-state index contributed by atoms with van der Waals surface area (Å²) in [4.78, 5) is 6.51. The highest BCUT2D eigenvalue weighted by atomic mass is 15.1. The van der Waals surface area contributed by atoms with E-state index in [1.165, 1.54) is 0 Å². The lowest BCUT2D eigenvalue weighted by atomic mass is 10.2. The van der Waals surface area contributed by atoms with Crippen LogP contribution in [0.4, 0.5) is 5.69 Å². The van der Waals surface area contributed by atoms with Crippen molar-refractivity contribution in [3.8, 4) is 6.07 Å². The van der Waals surface area contributed by atoms with E-state index in [0.717, 1.165) is 30.9 Å². The molecule has 1 heterocycles. The molecule has 1 aromatic rings. The monoisotopic (exact) mass is 246 g/mol. The van der Waals surface area contributed by atoms with Gasteiger partial charge in [-0.3, -0.25) is 9.88 Å². The third kappa shape index (κ3) is 4.72. The van der Waals surface area contributed by atoms with Crippen LogP contribution in [0.2, 0.25) is 0 Å². The summed E-state index contributed by atoms with van der Waals surface area (Å²) in [7, 11) is 2.02. The molecule has 0 spiro atoms. The molecule has 0 aromatic carbocycles. The molecular formula is C14H22N4. The normalized spacial score (nSPS) is 12.2. The summed E-state index contributed by atoms with van der Waals surface area (Å²) in [6.07, 6.45) is 3.48. The molecule has 4 heteroatoms. The molecule has 1 atom stereocenters. The van der Waals surface area contributed by atoms with E-state index in [4.69, 9.17) is 5.26 Å². The van der Waals surface area contributed by atoms with Crippen molar-refractivity contribution in [3.63, 3.8) is 0 Å². The predicted octanol–water partition coefficient (Wildman–Crippen LogP) is 2.64. The van der Waals surface area contributed by atoms with Crippen molar-refractivity contribution in [2.45, 2.75) is 39.3 Å². The lowest BCUT2D eigenvalue weighted by Crippen LogP contribution is -2.28. The van der Waals surface area contributed by atoms with Gasteiger partial charge in [0.05, 0.1) is 18.2 Å². The number of hydrogen-bond acceptors (Lipinski definition) is 4. The lowest BCUT2D eigenvalue weighted by molar-refractivity contribution is 0.249. The van der Waals surface area contributed by atoms with Crippen molar-refractivity contribution < 1.29 is 0 Å². The van der Waals surface area contributed by atoms with Crippen LogP contribution in [0.15, 0.2) is 18.3 Å². The summed E-state index contributed by atoms with van der Waals surface area (Å²) in [6.45, 7) is 5.95. The third-order valence-electron chi connectivity index (χ3n) is 2.95. The van der Waals surface area contributed by atoms with Gasteiger partial charge in [-0.2, -0.15) is 5.26 Å². The van der Waals surface area contributed by atoms with Crippen LogP contribution < -0.4 is 5.32 Å². The van der Waals surface area contributed by atoms with Crippen LogP contribution in [0.5, 0.6) is 0 Å². The SMILES string of the molecule is CCCNc1ccnc(CN(C)C(C)CC#N)c1. The molecule has 4 nitrogen and oxygen atoms in total. The second-order valence-corrected chi connectivity index (χ2v) is 4.59. The van der Waals surface area contributed by atoms with Gasteiger partial charge in [-0.1, -0.05) is 6.92 Å². The van der Waals surface area contributed by atoms with Crippen molar-refractivity contribution in [1.29, 1.82) is 5.26 Å². The van der Waals surface area contributed by atoms with Crippen LogP contribution in [0, 0.1) is 11.3 Å². The Morgan fingerprint density at radius 1 is 1.56 bits per heavy atom. The smallest absolute Gasteiger partial charge is 0.0638 e. The van der Waals surface area contributed by atoms with Crippen LogP contribution in [-0.2, 0) is 6.54 Å². The van der Waals surface area contributed by atoms with E-state index in [-0.39, 0.29) is 6.04 Å². The minimum absolute atomic E-state index is 0.254. The second kappa shape index (κ2) is 7.67. The van der Waals surface area contributed by atoms with Crippen molar-refractivity contribution in [3.05, 3.63) is 24.0 Å². The van der Waals surface area contributed by atoms with Gasteiger partial charge in [0.1, 0.15) is 0 Å². The number of nitriles is 1. The van der Waals surface area contributed by atoms with E-state index in [9.17, 15) is 0 Å². The van der Waals surface area contributed by atoms with Crippen LogP contribution in [0.1, 0.15) is 32.4 Å². The van der Waals surface area contributed by atoms with Crippen LogP contribution >= 0.6 is 0 Å². The second-order valence-electron chi connectivity index (χ2n) is 4.59. The summed E-state index contributed by atoms with van der Waals surface area (Å²) >= 11 is 0. The standard InChI is InChI=1S/C14H22N4/c1-4-8-16-13-6-9-17-14(10-13)11-18(3)12(2)5-7-15/h6,9-10,12H,4-5,8,11H2,1-3H3,(H,16,17). The molecule has 0 saturated heterocycles. The van der Waals surface area contributed by atoms with E-state index >= 15 is 0 Å². The Balaban J connectivity index is 2.58. The van der Waals surface area contributed by atoms with Crippen LogP contribution in [0.25, 0.3) is 0 Å². The van der Waals surface area contributed by atoms with Gasteiger partial charge in [-0.15, -0.1) is 0 Å². The lowest BCUT2D eigenvalue weighted by Gasteiger charge is -2.22. The Kier molecular flexibility index (Phi) is 6.16. The zero-order valence-corrected chi connectivity index (χ0v) is 11.5. The summed E-state index contributed by atoms with van der Waals surface area (Å²) < 4.78 is 0. The molecule has 18 heavy (non-hydrogen) atoms. The number of anilines is 1. The molecule has 1 rings (SSSR count). The molecule has 0 aliphatic heterocycles. The van der Waals surface area contributed by atoms with Gasteiger partial charge in [0, 0.05) is 31.0 Å². The molecule has 98 valence electrons. The maximum atomic E-state index is 8.69. The molecule has 0 saturated carbocycles. The molecule has 0 amide bonds. The fourth-order valence-corrected chi connectivity index (χ4v) is 1.64. The summed E-state index contributed by atoms with van der Waals surface area (Å²) in [6, 6.07) is 6.51. The Bertz CT molecular complexity index is 397. The van der Waals surface area contributed by atoms with Crippen molar-refractivity contribution in [2.24, 2.45) is 0 Å². The first-order valence-electron chi connectivity index (χ1n) is 6.43. The number of pyridine rings is 1. The van der Waals surface area contributed by atoms with E-state index in [1.807, 2.05) is 19.3 Å². The summed E-state index contributed by atoms with van der Waals surface area (Å²) in [5.41, 5.74) is 2.14. The maximum absolute atomic E-state index is 8.69. The quantitative estimate of drug-likeness (QED) is 0.803. The van der Waals surface area contributed by atoms with Crippen LogP contribution in [0.3, 0.4) is 0 Å². The summed E-state index contributed by atoms with van der Waals surface area (Å²) in [5.74, 6) is 0. The summed E-state index contributed by atoms with van der Waals surface area (Å²) in [5, 5.41) is 12.0. The fraction of sp³-hybridized carbons (Fsp3) is 0.571.